The van der Waals surface area contributed by atoms with E-state index in [-0.39, 0.29) is 0 Å². The monoisotopic (exact) mass is 281 g/mol. The topological polar surface area (TPSA) is 3.24 Å². The van der Waals surface area contributed by atoms with Crippen LogP contribution in [0.1, 0.15) is 0 Å². The van der Waals surface area contributed by atoms with Gasteiger partial charge in [0, 0.05) is 22.1 Å². The molecule has 4 rings (SSSR count). The van der Waals surface area contributed by atoms with E-state index < -0.39 is 0 Å². The lowest BCUT2D eigenvalue weighted by atomic mass is 10.0. The summed E-state index contributed by atoms with van der Waals surface area (Å²) in [6.45, 7) is 0. The van der Waals surface area contributed by atoms with Gasteiger partial charge in [-0.05, 0) is 22.9 Å². The first-order valence-corrected chi connectivity index (χ1v) is 7.54. The lowest BCUT2D eigenvalue weighted by molar-refractivity contribution is 1.46. The van der Waals surface area contributed by atoms with E-state index in [0.717, 1.165) is 0 Å². The van der Waals surface area contributed by atoms with E-state index in [1.165, 1.54) is 32.9 Å². The minimum atomic E-state index is 1.23. The average Bonchev–Trinajstić information content (AvgIpc) is 2.60. The summed E-state index contributed by atoms with van der Waals surface area (Å²) < 4.78 is 0. The van der Waals surface area contributed by atoms with Crippen molar-refractivity contribution < 1.29 is 0 Å². The van der Waals surface area contributed by atoms with Crippen LogP contribution in [-0.4, -0.2) is 7.98 Å². The molecule has 0 radical (unpaired) electrons. The fraction of sp³-hybridized carbons (Fsp3) is 0. The molecule has 2 heteroatoms. The van der Waals surface area contributed by atoms with Gasteiger partial charge in [0.1, 0.15) is 0 Å². The fourth-order valence-corrected chi connectivity index (χ4v) is 3.13. The van der Waals surface area contributed by atoms with Gasteiger partial charge in [0.25, 0.3) is 0 Å². The van der Waals surface area contributed by atoms with Crippen LogP contribution in [0.3, 0.4) is 0 Å². The number of hydrogen-bond acceptors (Lipinski definition) is 1. The summed E-state index contributed by atoms with van der Waals surface area (Å²) in [5.74, 6) is 0. The van der Waals surface area contributed by atoms with Crippen molar-refractivity contribution in [2.75, 3.05) is 4.81 Å². The number of fused-ring (bicyclic) bond motifs is 2. The van der Waals surface area contributed by atoms with E-state index in [9.17, 15) is 0 Å². The maximum atomic E-state index is 2.28. The average molecular weight is 281 g/mol. The summed E-state index contributed by atoms with van der Waals surface area (Å²) >= 11 is 0. The molecule has 0 aliphatic heterocycles. The Morgan fingerprint density at radius 2 is 0.909 bits per heavy atom. The van der Waals surface area contributed by atoms with Gasteiger partial charge in [-0.25, -0.2) is 0 Å². The van der Waals surface area contributed by atoms with Crippen molar-refractivity contribution in [3.8, 4) is 0 Å². The van der Waals surface area contributed by atoms with Gasteiger partial charge in [-0.2, -0.15) is 0 Å². The van der Waals surface area contributed by atoms with Crippen molar-refractivity contribution >= 4 is 40.9 Å². The van der Waals surface area contributed by atoms with E-state index in [1.807, 2.05) is 0 Å². The molecule has 0 bridgehead atoms. The first kappa shape index (κ1) is 13.0. The highest BCUT2D eigenvalue weighted by Crippen LogP contribution is 2.34. The Hall–Kier alpha value is -2.74. The summed E-state index contributed by atoms with van der Waals surface area (Å²) in [5, 5.41) is 5.10. The standard InChI is InChI=1S/C20H16BN/c21-22(19-13-5-9-15-7-1-3-11-17(15)19)20-14-6-10-16-8-2-4-12-18(16)20/h1-14H,21H2. The molecule has 0 saturated heterocycles. The zero-order valence-corrected chi connectivity index (χ0v) is 12.5. The van der Waals surface area contributed by atoms with Gasteiger partial charge in [0.2, 0.25) is 7.98 Å². The molecule has 0 saturated carbocycles. The van der Waals surface area contributed by atoms with Gasteiger partial charge >= 0.3 is 0 Å². The molecular weight excluding hydrogens is 265 g/mol. The van der Waals surface area contributed by atoms with E-state index in [4.69, 9.17) is 0 Å². The summed E-state index contributed by atoms with van der Waals surface area (Å²) in [7, 11) is 2.14. The van der Waals surface area contributed by atoms with Gasteiger partial charge in [0.05, 0.1) is 0 Å². The number of rotatable bonds is 2. The summed E-state index contributed by atoms with van der Waals surface area (Å²) in [6, 6.07) is 30.0. The summed E-state index contributed by atoms with van der Waals surface area (Å²) in [6.07, 6.45) is 0. The molecule has 22 heavy (non-hydrogen) atoms. The minimum absolute atomic E-state index is 1.23. The molecule has 4 aromatic carbocycles. The Bertz CT molecular complexity index is 872. The maximum absolute atomic E-state index is 2.28. The third-order valence-corrected chi connectivity index (χ3v) is 4.26. The number of benzene rings is 4. The second-order valence-corrected chi connectivity index (χ2v) is 5.56. The van der Waals surface area contributed by atoms with E-state index in [1.54, 1.807) is 0 Å². The molecule has 0 fully saturated rings. The van der Waals surface area contributed by atoms with Crippen LogP contribution in [0.15, 0.2) is 84.9 Å². The minimum Gasteiger partial charge on any atom is -0.393 e. The second kappa shape index (κ2) is 5.23. The molecule has 0 aliphatic rings. The molecule has 0 heterocycles. The molecular formula is C20H16BN. The Morgan fingerprint density at radius 3 is 1.41 bits per heavy atom. The van der Waals surface area contributed by atoms with Gasteiger partial charge in [-0.3, -0.25) is 0 Å². The van der Waals surface area contributed by atoms with Gasteiger partial charge in [-0.1, -0.05) is 72.8 Å². The first-order valence-electron chi connectivity index (χ1n) is 7.54. The molecule has 0 unspecified atom stereocenters. The zero-order chi connectivity index (χ0) is 14.9. The number of nitrogens with zero attached hydrogens (tertiary/aromatic N) is 1. The van der Waals surface area contributed by atoms with Crippen LogP contribution in [-0.2, 0) is 0 Å². The van der Waals surface area contributed by atoms with E-state index in [2.05, 4.69) is 97.7 Å². The fourth-order valence-electron chi connectivity index (χ4n) is 3.13. The molecule has 0 N–H and O–H groups in total. The molecule has 4 aromatic rings. The largest absolute Gasteiger partial charge is 0.393 e. The van der Waals surface area contributed by atoms with E-state index >= 15 is 0 Å². The van der Waals surface area contributed by atoms with Crippen LogP contribution < -0.4 is 4.81 Å². The van der Waals surface area contributed by atoms with Gasteiger partial charge < -0.3 is 4.81 Å². The smallest absolute Gasteiger partial charge is 0.223 e. The van der Waals surface area contributed by atoms with Crippen LogP contribution in [0, 0.1) is 0 Å². The first-order chi connectivity index (χ1) is 10.8. The maximum Gasteiger partial charge on any atom is 0.223 e. The second-order valence-electron chi connectivity index (χ2n) is 5.56. The van der Waals surface area contributed by atoms with Crippen molar-refractivity contribution in [1.82, 2.24) is 0 Å². The Balaban J connectivity index is 1.94. The van der Waals surface area contributed by atoms with Crippen LogP contribution in [0.2, 0.25) is 0 Å². The third kappa shape index (κ3) is 2.04. The Morgan fingerprint density at radius 1 is 0.500 bits per heavy atom. The summed E-state index contributed by atoms with van der Waals surface area (Å²) in [4.78, 5) is 2.28. The van der Waals surface area contributed by atoms with Crippen molar-refractivity contribution in [3.63, 3.8) is 0 Å². The molecule has 0 aliphatic carbocycles. The Kier molecular flexibility index (Phi) is 3.08. The molecule has 0 atom stereocenters. The predicted octanol–water partition coefficient (Wildman–Crippen LogP) is 4.68. The van der Waals surface area contributed by atoms with Crippen molar-refractivity contribution in [2.24, 2.45) is 0 Å². The SMILES string of the molecule is BN(c1cccc2ccccc12)c1cccc2ccccc12. The van der Waals surface area contributed by atoms with Crippen LogP contribution >= 0.6 is 0 Å². The van der Waals surface area contributed by atoms with Gasteiger partial charge in [0.15, 0.2) is 0 Å². The number of anilines is 2. The predicted molar refractivity (Wildman–Crippen MR) is 98.6 cm³/mol. The van der Waals surface area contributed by atoms with Crippen LogP contribution in [0.5, 0.6) is 0 Å². The van der Waals surface area contributed by atoms with Crippen molar-refractivity contribution in [2.45, 2.75) is 0 Å². The Labute approximate surface area is 131 Å². The lowest BCUT2D eigenvalue weighted by Crippen LogP contribution is -2.12. The number of hydrogen-bond donors (Lipinski definition) is 0. The van der Waals surface area contributed by atoms with Crippen LogP contribution in [0.25, 0.3) is 21.5 Å². The van der Waals surface area contributed by atoms with E-state index in [0.29, 0.717) is 0 Å². The molecule has 1 nitrogen and oxygen atoms in total. The highest BCUT2D eigenvalue weighted by atomic mass is 15.0. The molecule has 0 amide bonds. The van der Waals surface area contributed by atoms with Crippen molar-refractivity contribution in [1.29, 1.82) is 0 Å². The zero-order valence-electron chi connectivity index (χ0n) is 12.5. The van der Waals surface area contributed by atoms with Crippen LogP contribution in [0.4, 0.5) is 11.4 Å². The molecule has 0 spiro atoms. The highest BCUT2D eigenvalue weighted by Gasteiger charge is 2.10. The third-order valence-electron chi connectivity index (χ3n) is 4.26. The van der Waals surface area contributed by atoms with Crippen molar-refractivity contribution in [3.05, 3.63) is 84.9 Å². The van der Waals surface area contributed by atoms with Gasteiger partial charge in [-0.15, -0.1) is 0 Å². The normalized spacial score (nSPS) is 10.9. The summed E-state index contributed by atoms with van der Waals surface area (Å²) in [5.41, 5.74) is 2.46. The lowest BCUT2D eigenvalue weighted by Gasteiger charge is -2.24. The molecule has 104 valence electrons. The highest BCUT2D eigenvalue weighted by molar-refractivity contribution is 6.27. The quantitative estimate of drug-likeness (QED) is 0.482. The molecule has 0 aromatic heterocycles.